The Morgan fingerprint density at radius 1 is 1.04 bits per heavy atom. The summed E-state index contributed by atoms with van der Waals surface area (Å²) in [6.45, 7) is 2.06. The van der Waals surface area contributed by atoms with Crippen molar-refractivity contribution in [3.8, 4) is 17.2 Å². The predicted octanol–water partition coefficient (Wildman–Crippen LogP) is 2.94. The molecule has 0 saturated heterocycles. The van der Waals surface area contributed by atoms with Crippen LogP contribution in [-0.2, 0) is 4.79 Å². The summed E-state index contributed by atoms with van der Waals surface area (Å²) in [5, 5.41) is 2.64. The van der Waals surface area contributed by atoms with Gasteiger partial charge in [-0.25, -0.2) is 8.78 Å². The fourth-order valence-corrected chi connectivity index (χ4v) is 1.97. The second kappa shape index (κ2) is 8.86. The molecule has 2 rings (SSSR count). The van der Waals surface area contributed by atoms with Gasteiger partial charge in [0.15, 0.2) is 17.7 Å². The first-order valence-electron chi connectivity index (χ1n) is 7.66. The Hall–Kier alpha value is -2.83. The minimum absolute atomic E-state index is 0.0797. The molecule has 0 aliphatic heterocycles. The van der Waals surface area contributed by atoms with Gasteiger partial charge < -0.3 is 19.5 Å². The Balaban J connectivity index is 1.72. The minimum Gasteiger partial charge on any atom is -0.497 e. The topological polar surface area (TPSA) is 56.8 Å². The van der Waals surface area contributed by atoms with E-state index in [1.54, 1.807) is 31.4 Å². The molecular weight excluding hydrogens is 332 g/mol. The van der Waals surface area contributed by atoms with Gasteiger partial charge in [0.25, 0.3) is 5.91 Å². The number of carbonyl (C=O) groups is 1. The molecule has 0 bridgehead atoms. The summed E-state index contributed by atoms with van der Waals surface area (Å²) in [6.07, 6.45) is -0.856. The van der Waals surface area contributed by atoms with Crippen molar-refractivity contribution in [3.05, 3.63) is 54.1 Å². The molecule has 1 unspecified atom stereocenters. The summed E-state index contributed by atoms with van der Waals surface area (Å²) in [4.78, 5) is 11.9. The molecule has 1 amide bonds. The molecule has 25 heavy (non-hydrogen) atoms. The highest BCUT2D eigenvalue weighted by Gasteiger charge is 2.15. The van der Waals surface area contributed by atoms with Crippen molar-refractivity contribution in [2.75, 3.05) is 20.3 Å². The van der Waals surface area contributed by atoms with E-state index in [2.05, 4.69) is 5.32 Å². The molecule has 134 valence electrons. The Labute approximate surface area is 144 Å². The van der Waals surface area contributed by atoms with E-state index in [-0.39, 0.29) is 24.8 Å². The van der Waals surface area contributed by atoms with Gasteiger partial charge in [-0.15, -0.1) is 0 Å². The van der Waals surface area contributed by atoms with Crippen molar-refractivity contribution < 1.29 is 27.8 Å². The van der Waals surface area contributed by atoms with Crippen molar-refractivity contribution >= 4 is 5.91 Å². The Morgan fingerprint density at radius 3 is 2.32 bits per heavy atom. The number of hydrogen-bond donors (Lipinski definition) is 1. The highest BCUT2D eigenvalue weighted by atomic mass is 19.2. The first-order valence-corrected chi connectivity index (χ1v) is 7.66. The van der Waals surface area contributed by atoms with E-state index >= 15 is 0 Å². The third-order valence-electron chi connectivity index (χ3n) is 3.30. The molecular formula is C18H19F2NO4. The molecule has 2 aromatic carbocycles. The van der Waals surface area contributed by atoms with E-state index in [1.165, 1.54) is 13.0 Å². The van der Waals surface area contributed by atoms with Gasteiger partial charge in [0.1, 0.15) is 23.9 Å². The van der Waals surface area contributed by atoms with Gasteiger partial charge in [-0.2, -0.15) is 0 Å². The lowest BCUT2D eigenvalue weighted by molar-refractivity contribution is -0.127. The zero-order chi connectivity index (χ0) is 18.2. The van der Waals surface area contributed by atoms with Crippen LogP contribution in [0.4, 0.5) is 8.78 Å². The fourth-order valence-electron chi connectivity index (χ4n) is 1.97. The number of amides is 1. The van der Waals surface area contributed by atoms with Crippen molar-refractivity contribution in [3.63, 3.8) is 0 Å². The van der Waals surface area contributed by atoms with Crippen LogP contribution in [0, 0.1) is 11.6 Å². The van der Waals surface area contributed by atoms with Gasteiger partial charge in [-0.3, -0.25) is 4.79 Å². The molecule has 0 spiro atoms. The molecule has 0 radical (unpaired) electrons. The number of halogens is 2. The summed E-state index contributed by atoms with van der Waals surface area (Å²) >= 11 is 0. The first kappa shape index (κ1) is 18.5. The van der Waals surface area contributed by atoms with Crippen LogP contribution < -0.4 is 19.5 Å². The predicted molar refractivity (Wildman–Crippen MR) is 87.9 cm³/mol. The second-order valence-corrected chi connectivity index (χ2v) is 5.15. The summed E-state index contributed by atoms with van der Waals surface area (Å²) < 4.78 is 41.8. The maximum Gasteiger partial charge on any atom is 0.260 e. The monoisotopic (exact) mass is 351 g/mol. The van der Waals surface area contributed by atoms with Gasteiger partial charge in [0.05, 0.1) is 13.7 Å². The van der Waals surface area contributed by atoms with Gasteiger partial charge in [-0.05, 0) is 43.3 Å². The molecule has 1 N–H and O–H groups in total. The smallest absolute Gasteiger partial charge is 0.260 e. The Kier molecular flexibility index (Phi) is 6.56. The summed E-state index contributed by atoms with van der Waals surface area (Å²) in [5.41, 5.74) is 0. The Bertz CT molecular complexity index is 707. The van der Waals surface area contributed by atoms with E-state index in [9.17, 15) is 13.6 Å². The van der Waals surface area contributed by atoms with Crippen LogP contribution in [0.15, 0.2) is 42.5 Å². The number of ether oxygens (including phenoxy) is 3. The van der Waals surface area contributed by atoms with Crippen molar-refractivity contribution in [1.29, 1.82) is 0 Å². The SMILES string of the molecule is COc1ccc(OCCNC(=O)C(C)Oc2ccc(F)c(F)c2)cc1. The number of rotatable bonds is 8. The van der Waals surface area contributed by atoms with Crippen LogP contribution in [0.1, 0.15) is 6.92 Å². The van der Waals surface area contributed by atoms with Gasteiger partial charge >= 0.3 is 0 Å². The van der Waals surface area contributed by atoms with Crippen molar-refractivity contribution in [1.82, 2.24) is 5.32 Å². The standard InChI is InChI=1S/C18H19F2NO4/c1-12(25-15-7-8-16(19)17(20)11-15)18(22)21-9-10-24-14-5-3-13(23-2)4-6-14/h3-8,11-12H,9-10H2,1-2H3,(H,21,22). The van der Waals surface area contributed by atoms with Crippen LogP contribution in [0.5, 0.6) is 17.2 Å². The molecule has 0 aromatic heterocycles. The average Bonchev–Trinajstić information content (AvgIpc) is 2.62. The molecule has 0 aliphatic rings. The molecule has 0 saturated carbocycles. The average molecular weight is 351 g/mol. The third kappa shape index (κ3) is 5.63. The number of methoxy groups -OCH3 is 1. The van der Waals surface area contributed by atoms with E-state index in [4.69, 9.17) is 14.2 Å². The van der Waals surface area contributed by atoms with Crippen LogP contribution >= 0.6 is 0 Å². The van der Waals surface area contributed by atoms with E-state index in [0.717, 1.165) is 17.9 Å². The molecule has 2 aromatic rings. The van der Waals surface area contributed by atoms with Crippen LogP contribution in [0.3, 0.4) is 0 Å². The van der Waals surface area contributed by atoms with E-state index in [0.29, 0.717) is 5.75 Å². The molecule has 1 atom stereocenters. The van der Waals surface area contributed by atoms with Gasteiger partial charge in [0.2, 0.25) is 0 Å². The minimum atomic E-state index is -1.03. The van der Waals surface area contributed by atoms with Crippen LogP contribution in [-0.4, -0.2) is 32.3 Å². The number of hydrogen-bond acceptors (Lipinski definition) is 4. The summed E-state index contributed by atoms with van der Waals surface area (Å²) in [5.74, 6) is -0.928. The largest absolute Gasteiger partial charge is 0.497 e. The normalized spacial score (nSPS) is 11.5. The highest BCUT2D eigenvalue weighted by Crippen LogP contribution is 2.17. The molecule has 0 fully saturated rings. The maximum absolute atomic E-state index is 13.1. The lowest BCUT2D eigenvalue weighted by Crippen LogP contribution is -2.38. The quantitative estimate of drug-likeness (QED) is 0.743. The lowest BCUT2D eigenvalue weighted by atomic mass is 10.3. The zero-order valence-corrected chi connectivity index (χ0v) is 13.9. The van der Waals surface area contributed by atoms with E-state index in [1.807, 2.05) is 0 Å². The molecule has 5 nitrogen and oxygen atoms in total. The number of nitrogens with one attached hydrogen (secondary N) is 1. The fraction of sp³-hybridized carbons (Fsp3) is 0.278. The van der Waals surface area contributed by atoms with E-state index < -0.39 is 17.7 Å². The lowest BCUT2D eigenvalue weighted by Gasteiger charge is -2.15. The summed E-state index contributed by atoms with van der Waals surface area (Å²) in [6, 6.07) is 10.2. The van der Waals surface area contributed by atoms with Crippen LogP contribution in [0.2, 0.25) is 0 Å². The highest BCUT2D eigenvalue weighted by molar-refractivity contribution is 5.80. The summed E-state index contributed by atoms with van der Waals surface area (Å²) in [7, 11) is 1.58. The zero-order valence-electron chi connectivity index (χ0n) is 13.9. The second-order valence-electron chi connectivity index (χ2n) is 5.15. The maximum atomic E-state index is 13.1. The van der Waals surface area contributed by atoms with Gasteiger partial charge in [-0.1, -0.05) is 0 Å². The molecule has 0 heterocycles. The molecule has 0 aliphatic carbocycles. The third-order valence-corrected chi connectivity index (χ3v) is 3.30. The number of carbonyl (C=O) groups excluding carboxylic acids is 1. The van der Waals surface area contributed by atoms with Crippen molar-refractivity contribution in [2.45, 2.75) is 13.0 Å². The van der Waals surface area contributed by atoms with Crippen molar-refractivity contribution in [2.24, 2.45) is 0 Å². The molecule has 7 heteroatoms. The number of benzene rings is 2. The van der Waals surface area contributed by atoms with Gasteiger partial charge in [0, 0.05) is 6.07 Å². The van der Waals surface area contributed by atoms with Crippen LogP contribution in [0.25, 0.3) is 0 Å². The first-order chi connectivity index (χ1) is 12.0. The Morgan fingerprint density at radius 2 is 1.68 bits per heavy atom.